The van der Waals surface area contributed by atoms with Gasteiger partial charge in [-0.3, -0.25) is 9.59 Å². The molecule has 2 aliphatic heterocycles. The Kier molecular flexibility index (Phi) is 5.87. The van der Waals surface area contributed by atoms with Crippen LogP contribution in [0.15, 0.2) is 78.6 Å². The summed E-state index contributed by atoms with van der Waals surface area (Å²) in [6, 6.07) is 18.2. The topological polar surface area (TPSA) is 71.1 Å². The molecular formula is C29H24O6. The third-order valence-corrected chi connectivity index (χ3v) is 5.96. The third-order valence-electron chi connectivity index (χ3n) is 5.96. The number of hydrogen-bond donors (Lipinski definition) is 0. The fraction of sp³-hybridized carbons (Fsp3) is 0.172. The van der Waals surface area contributed by atoms with E-state index >= 15 is 0 Å². The zero-order chi connectivity index (χ0) is 24.5. The Balaban J connectivity index is 1.57. The first-order valence-electron chi connectivity index (χ1n) is 11.3. The zero-order valence-corrected chi connectivity index (χ0v) is 19.5. The van der Waals surface area contributed by atoms with Gasteiger partial charge in [0.25, 0.3) is 0 Å². The Hall–Kier alpha value is -4.32. The van der Waals surface area contributed by atoms with Gasteiger partial charge in [-0.1, -0.05) is 36.9 Å². The molecule has 0 saturated carbocycles. The normalized spacial score (nSPS) is 17.3. The summed E-state index contributed by atoms with van der Waals surface area (Å²) in [6.45, 7) is 6.15. The lowest BCUT2D eigenvalue weighted by molar-refractivity contribution is -0.135. The fourth-order valence-electron chi connectivity index (χ4n) is 4.32. The molecule has 0 aliphatic carbocycles. The summed E-state index contributed by atoms with van der Waals surface area (Å²) in [6.07, 6.45) is 1.80. The predicted molar refractivity (Wildman–Crippen MR) is 131 cm³/mol. The van der Waals surface area contributed by atoms with Crippen LogP contribution in [0.2, 0.25) is 0 Å². The van der Waals surface area contributed by atoms with Crippen molar-refractivity contribution in [2.45, 2.75) is 19.3 Å². The van der Waals surface area contributed by atoms with E-state index in [0.29, 0.717) is 35.0 Å². The van der Waals surface area contributed by atoms with Crippen molar-refractivity contribution in [2.24, 2.45) is 0 Å². The highest BCUT2D eigenvalue weighted by atomic mass is 16.5. The van der Waals surface area contributed by atoms with Crippen LogP contribution in [0.4, 0.5) is 0 Å². The van der Waals surface area contributed by atoms with Gasteiger partial charge in [-0.2, -0.15) is 0 Å². The SMILES string of the molecule is C=C(C)COc1ccccc1C1CC(=O)Oc2ccc3c(c21)OC(=Cc1ccc(OC)cc1)C3=O. The van der Waals surface area contributed by atoms with Gasteiger partial charge in [0, 0.05) is 17.0 Å². The highest BCUT2D eigenvalue weighted by Crippen LogP contribution is 2.50. The van der Waals surface area contributed by atoms with Gasteiger partial charge < -0.3 is 18.9 Å². The van der Waals surface area contributed by atoms with Gasteiger partial charge in [0.2, 0.25) is 5.78 Å². The average molecular weight is 469 g/mol. The molecule has 3 aromatic carbocycles. The van der Waals surface area contributed by atoms with Crippen LogP contribution >= 0.6 is 0 Å². The van der Waals surface area contributed by atoms with E-state index < -0.39 is 5.92 Å². The molecule has 0 amide bonds. The minimum absolute atomic E-state index is 0.103. The molecule has 6 nitrogen and oxygen atoms in total. The van der Waals surface area contributed by atoms with Crippen LogP contribution in [-0.4, -0.2) is 25.5 Å². The smallest absolute Gasteiger partial charge is 0.312 e. The van der Waals surface area contributed by atoms with E-state index in [1.54, 1.807) is 25.3 Å². The van der Waals surface area contributed by atoms with Crippen LogP contribution in [-0.2, 0) is 4.79 Å². The number of rotatable bonds is 6. The van der Waals surface area contributed by atoms with Crippen molar-refractivity contribution in [3.8, 4) is 23.0 Å². The van der Waals surface area contributed by atoms with Crippen molar-refractivity contribution in [1.82, 2.24) is 0 Å². The first-order valence-corrected chi connectivity index (χ1v) is 11.3. The minimum Gasteiger partial charge on any atom is -0.497 e. The number of fused-ring (bicyclic) bond motifs is 3. The molecule has 6 heteroatoms. The lowest BCUT2D eigenvalue weighted by Crippen LogP contribution is -2.22. The quantitative estimate of drug-likeness (QED) is 0.200. The number of ketones is 1. The number of allylic oxidation sites excluding steroid dienone is 1. The van der Waals surface area contributed by atoms with Crippen LogP contribution < -0.4 is 18.9 Å². The molecule has 0 spiro atoms. The van der Waals surface area contributed by atoms with Crippen molar-refractivity contribution >= 4 is 17.8 Å². The van der Waals surface area contributed by atoms with E-state index in [9.17, 15) is 9.59 Å². The first kappa shape index (κ1) is 22.5. The van der Waals surface area contributed by atoms with E-state index in [0.717, 1.165) is 22.4 Å². The molecule has 2 aliphatic rings. The summed E-state index contributed by atoms with van der Waals surface area (Å²) in [5.74, 6) is 1.42. The number of ether oxygens (including phenoxy) is 4. The molecule has 0 bridgehead atoms. The molecule has 0 aromatic heterocycles. The van der Waals surface area contributed by atoms with Crippen molar-refractivity contribution in [1.29, 1.82) is 0 Å². The summed E-state index contributed by atoms with van der Waals surface area (Å²) >= 11 is 0. The van der Waals surface area contributed by atoms with E-state index in [4.69, 9.17) is 18.9 Å². The summed E-state index contributed by atoms with van der Waals surface area (Å²) < 4.78 is 22.9. The van der Waals surface area contributed by atoms with E-state index in [-0.39, 0.29) is 23.9 Å². The molecule has 0 radical (unpaired) electrons. The third kappa shape index (κ3) is 4.30. The Morgan fingerprint density at radius 1 is 1.06 bits per heavy atom. The lowest BCUT2D eigenvalue weighted by atomic mass is 9.84. The second kappa shape index (κ2) is 9.14. The molecule has 3 aromatic rings. The molecule has 0 N–H and O–H groups in total. The van der Waals surface area contributed by atoms with Gasteiger partial charge in [0.05, 0.1) is 19.1 Å². The number of esters is 1. The maximum Gasteiger partial charge on any atom is 0.312 e. The molecule has 2 heterocycles. The van der Waals surface area contributed by atoms with Crippen LogP contribution in [0.25, 0.3) is 6.08 Å². The van der Waals surface area contributed by atoms with Gasteiger partial charge >= 0.3 is 5.97 Å². The standard InChI is InChI=1S/C29H24O6/c1-17(2)16-33-23-7-5-4-6-20(23)22-15-26(30)34-24-13-12-21-28(31)25(35-29(21)27(22)24)14-18-8-10-19(32-3)11-9-18/h4-14,22H,1,15-16H2,2-3H3. The number of para-hydroxylation sites is 1. The van der Waals surface area contributed by atoms with E-state index in [2.05, 4.69) is 6.58 Å². The lowest BCUT2D eigenvalue weighted by Gasteiger charge is -2.27. The number of hydrogen-bond acceptors (Lipinski definition) is 6. The van der Waals surface area contributed by atoms with Gasteiger partial charge in [-0.25, -0.2) is 0 Å². The number of Topliss-reactive ketones (excluding diaryl/α,β-unsaturated/α-hetero) is 1. The molecule has 0 saturated heterocycles. The largest absolute Gasteiger partial charge is 0.497 e. The maximum absolute atomic E-state index is 13.2. The zero-order valence-electron chi connectivity index (χ0n) is 19.5. The Morgan fingerprint density at radius 3 is 2.57 bits per heavy atom. The second-order valence-electron chi connectivity index (χ2n) is 8.58. The number of carbonyl (C=O) groups is 2. The van der Waals surface area contributed by atoms with Gasteiger partial charge in [-0.05, 0) is 54.5 Å². The Bertz CT molecular complexity index is 1370. The predicted octanol–water partition coefficient (Wildman–Crippen LogP) is 5.71. The summed E-state index contributed by atoms with van der Waals surface area (Å²) in [4.78, 5) is 25.7. The summed E-state index contributed by atoms with van der Waals surface area (Å²) in [5.41, 5.74) is 3.61. The monoisotopic (exact) mass is 468 g/mol. The number of benzene rings is 3. The summed E-state index contributed by atoms with van der Waals surface area (Å²) in [7, 11) is 1.60. The first-order chi connectivity index (χ1) is 16.9. The van der Waals surface area contributed by atoms with E-state index in [1.165, 1.54) is 0 Å². The van der Waals surface area contributed by atoms with Crippen molar-refractivity contribution in [2.75, 3.05) is 13.7 Å². The van der Waals surface area contributed by atoms with Gasteiger partial charge in [0.15, 0.2) is 5.76 Å². The average Bonchev–Trinajstić information content (AvgIpc) is 3.17. The van der Waals surface area contributed by atoms with E-state index in [1.807, 2.05) is 55.5 Å². The van der Waals surface area contributed by atoms with Crippen LogP contribution in [0, 0.1) is 0 Å². The minimum atomic E-state index is -0.393. The summed E-state index contributed by atoms with van der Waals surface area (Å²) in [5, 5.41) is 0. The highest BCUT2D eigenvalue weighted by molar-refractivity contribution is 6.15. The molecular weight excluding hydrogens is 444 g/mol. The molecule has 1 unspecified atom stereocenters. The van der Waals surface area contributed by atoms with Crippen LogP contribution in [0.1, 0.15) is 46.3 Å². The molecule has 5 rings (SSSR count). The highest BCUT2D eigenvalue weighted by Gasteiger charge is 2.39. The Labute approximate surface area is 203 Å². The molecule has 176 valence electrons. The maximum atomic E-state index is 13.2. The fourth-order valence-corrected chi connectivity index (χ4v) is 4.32. The molecule has 0 fully saturated rings. The molecule has 1 atom stereocenters. The number of methoxy groups -OCH3 is 1. The molecule has 35 heavy (non-hydrogen) atoms. The Morgan fingerprint density at radius 2 is 1.83 bits per heavy atom. The van der Waals surface area contributed by atoms with Crippen molar-refractivity contribution in [3.63, 3.8) is 0 Å². The van der Waals surface area contributed by atoms with Gasteiger partial charge in [-0.15, -0.1) is 0 Å². The van der Waals surface area contributed by atoms with Crippen molar-refractivity contribution < 1.29 is 28.5 Å². The van der Waals surface area contributed by atoms with Crippen LogP contribution in [0.3, 0.4) is 0 Å². The van der Waals surface area contributed by atoms with Gasteiger partial charge in [0.1, 0.15) is 29.6 Å². The number of carbonyl (C=O) groups excluding carboxylic acids is 2. The second-order valence-corrected chi connectivity index (χ2v) is 8.58. The van der Waals surface area contributed by atoms with Crippen LogP contribution in [0.5, 0.6) is 23.0 Å². The van der Waals surface area contributed by atoms with Crippen molar-refractivity contribution in [3.05, 3.63) is 101 Å².